The lowest BCUT2D eigenvalue weighted by Crippen LogP contribution is -2.43. The quantitative estimate of drug-likeness (QED) is 0.405. The number of aromatic nitrogens is 4. The number of nitriles is 1. The van der Waals surface area contributed by atoms with Crippen LogP contribution in [-0.4, -0.2) is 45.7 Å². The molecule has 0 saturated carbocycles. The highest BCUT2D eigenvalue weighted by molar-refractivity contribution is 5.84. The molecule has 1 aliphatic rings. The maximum atomic E-state index is 15.4. The molecule has 0 spiro atoms. The second-order valence-corrected chi connectivity index (χ2v) is 8.94. The molecule has 10 heteroatoms. The SMILES string of the molecule is Cc1cc2c(F)c(Oc3ncnc(Nc4ccc(N5CCNCC5)cn4)c3C#N)ccc2n1C(C)C. The van der Waals surface area contributed by atoms with Crippen molar-refractivity contribution in [1.82, 2.24) is 24.8 Å². The minimum atomic E-state index is -0.503. The normalized spacial score (nSPS) is 13.7. The van der Waals surface area contributed by atoms with E-state index < -0.39 is 5.82 Å². The van der Waals surface area contributed by atoms with Gasteiger partial charge in [0.25, 0.3) is 0 Å². The number of anilines is 3. The number of halogens is 1. The van der Waals surface area contributed by atoms with Crippen LogP contribution in [0.5, 0.6) is 11.6 Å². The van der Waals surface area contributed by atoms with Crippen LogP contribution >= 0.6 is 0 Å². The summed E-state index contributed by atoms with van der Waals surface area (Å²) in [4.78, 5) is 15.0. The van der Waals surface area contributed by atoms with Gasteiger partial charge in [-0.2, -0.15) is 5.26 Å². The molecule has 1 saturated heterocycles. The topological polar surface area (TPSA) is 104 Å². The molecule has 0 bridgehead atoms. The Labute approximate surface area is 208 Å². The number of hydrogen-bond donors (Lipinski definition) is 2. The third-order valence-electron chi connectivity index (χ3n) is 6.24. The molecule has 0 atom stereocenters. The zero-order chi connectivity index (χ0) is 25.2. The predicted octanol–water partition coefficient (Wildman–Crippen LogP) is 4.67. The predicted molar refractivity (Wildman–Crippen MR) is 136 cm³/mol. The van der Waals surface area contributed by atoms with Crippen LogP contribution in [-0.2, 0) is 0 Å². The molecule has 3 aromatic heterocycles. The monoisotopic (exact) mass is 486 g/mol. The van der Waals surface area contributed by atoms with Gasteiger partial charge in [0.05, 0.1) is 17.4 Å². The minimum Gasteiger partial charge on any atom is -0.434 e. The van der Waals surface area contributed by atoms with E-state index in [0.717, 1.165) is 43.1 Å². The van der Waals surface area contributed by atoms with Crippen LogP contribution in [0.15, 0.2) is 42.9 Å². The summed E-state index contributed by atoms with van der Waals surface area (Å²) in [6, 6.07) is 11.2. The van der Waals surface area contributed by atoms with Crippen molar-refractivity contribution in [3.8, 4) is 17.7 Å². The van der Waals surface area contributed by atoms with E-state index in [-0.39, 0.29) is 29.1 Å². The minimum absolute atomic E-state index is 0.0111. The van der Waals surface area contributed by atoms with Crippen LogP contribution in [0.25, 0.3) is 10.9 Å². The molecular weight excluding hydrogens is 459 g/mol. The first-order valence-corrected chi connectivity index (χ1v) is 11.9. The van der Waals surface area contributed by atoms with E-state index in [9.17, 15) is 5.26 Å². The number of piperazine rings is 1. The molecule has 1 fully saturated rings. The number of nitrogens with one attached hydrogen (secondary N) is 2. The Morgan fingerprint density at radius 1 is 1.14 bits per heavy atom. The van der Waals surface area contributed by atoms with Crippen molar-refractivity contribution >= 4 is 28.2 Å². The number of aryl methyl sites for hydroxylation is 1. The lowest BCUT2D eigenvalue weighted by Gasteiger charge is -2.29. The molecule has 9 nitrogen and oxygen atoms in total. The van der Waals surface area contributed by atoms with Gasteiger partial charge < -0.3 is 24.8 Å². The molecule has 184 valence electrons. The van der Waals surface area contributed by atoms with E-state index in [1.54, 1.807) is 18.3 Å². The maximum absolute atomic E-state index is 15.4. The van der Waals surface area contributed by atoms with Gasteiger partial charge in [-0.05, 0) is 51.1 Å². The molecule has 0 aliphatic carbocycles. The fourth-order valence-electron chi connectivity index (χ4n) is 4.58. The Kier molecular flexibility index (Phi) is 6.40. The second kappa shape index (κ2) is 9.79. The van der Waals surface area contributed by atoms with Crippen LogP contribution in [0, 0.1) is 24.1 Å². The molecule has 0 amide bonds. The Morgan fingerprint density at radius 3 is 2.64 bits per heavy atom. The Bertz CT molecular complexity index is 1440. The van der Waals surface area contributed by atoms with Gasteiger partial charge in [-0.15, -0.1) is 0 Å². The Hall–Kier alpha value is -4.23. The summed E-state index contributed by atoms with van der Waals surface area (Å²) in [5.74, 6) is 0.201. The van der Waals surface area contributed by atoms with E-state index in [2.05, 4.69) is 55.0 Å². The second-order valence-electron chi connectivity index (χ2n) is 8.94. The van der Waals surface area contributed by atoms with Gasteiger partial charge in [0, 0.05) is 43.3 Å². The summed E-state index contributed by atoms with van der Waals surface area (Å²) in [6.07, 6.45) is 3.05. The average molecular weight is 487 g/mol. The maximum Gasteiger partial charge on any atom is 0.242 e. The lowest BCUT2D eigenvalue weighted by atomic mass is 10.2. The first-order chi connectivity index (χ1) is 17.5. The van der Waals surface area contributed by atoms with Crippen LogP contribution in [0.2, 0.25) is 0 Å². The van der Waals surface area contributed by atoms with Crippen LogP contribution in [0.3, 0.4) is 0 Å². The molecule has 1 aromatic carbocycles. The van der Waals surface area contributed by atoms with Crippen LogP contribution in [0.1, 0.15) is 31.1 Å². The molecule has 5 rings (SSSR count). The largest absolute Gasteiger partial charge is 0.434 e. The molecular formula is C26H27FN8O. The highest BCUT2D eigenvalue weighted by Crippen LogP contribution is 2.34. The standard InChI is InChI=1S/C26H27FN8O/c1-16(2)35-17(3)12-19-21(35)5-6-22(24(19)27)36-26-20(13-28)25(31-15-32-26)33-23-7-4-18(14-30-23)34-10-8-29-9-11-34/h4-7,12,14-16,29H,8-11H2,1-3H3,(H,30,31,32,33). The van der Waals surface area contributed by atoms with Gasteiger partial charge >= 0.3 is 0 Å². The highest BCUT2D eigenvalue weighted by atomic mass is 19.1. The van der Waals surface area contributed by atoms with E-state index in [1.807, 2.05) is 25.1 Å². The van der Waals surface area contributed by atoms with Crippen molar-refractivity contribution in [1.29, 1.82) is 5.26 Å². The van der Waals surface area contributed by atoms with Gasteiger partial charge in [-0.25, -0.2) is 19.3 Å². The first kappa shape index (κ1) is 23.5. The molecule has 1 aliphatic heterocycles. The third-order valence-corrected chi connectivity index (χ3v) is 6.24. The fourth-order valence-corrected chi connectivity index (χ4v) is 4.58. The molecule has 4 heterocycles. The number of nitrogens with zero attached hydrogens (tertiary/aromatic N) is 6. The fraction of sp³-hybridized carbons (Fsp3) is 0.308. The number of rotatable bonds is 6. The lowest BCUT2D eigenvalue weighted by molar-refractivity contribution is 0.428. The van der Waals surface area contributed by atoms with Gasteiger partial charge in [0.1, 0.15) is 18.2 Å². The van der Waals surface area contributed by atoms with Crippen molar-refractivity contribution in [3.63, 3.8) is 0 Å². The summed E-state index contributed by atoms with van der Waals surface area (Å²) in [6.45, 7) is 9.76. The van der Waals surface area contributed by atoms with Crippen molar-refractivity contribution < 1.29 is 9.13 Å². The van der Waals surface area contributed by atoms with Crippen molar-refractivity contribution in [3.05, 3.63) is 59.9 Å². The zero-order valence-corrected chi connectivity index (χ0v) is 20.4. The van der Waals surface area contributed by atoms with Gasteiger partial charge in [-0.3, -0.25) is 0 Å². The van der Waals surface area contributed by atoms with Gasteiger partial charge in [-0.1, -0.05) is 0 Å². The number of ether oxygens (including phenoxy) is 1. The molecule has 0 radical (unpaired) electrons. The summed E-state index contributed by atoms with van der Waals surface area (Å²) in [5.41, 5.74) is 2.83. The molecule has 36 heavy (non-hydrogen) atoms. The molecule has 4 aromatic rings. The van der Waals surface area contributed by atoms with E-state index in [1.165, 1.54) is 6.33 Å². The highest BCUT2D eigenvalue weighted by Gasteiger charge is 2.20. The van der Waals surface area contributed by atoms with Gasteiger partial charge in [0.15, 0.2) is 22.9 Å². The Balaban J connectivity index is 1.40. The van der Waals surface area contributed by atoms with Crippen LogP contribution in [0.4, 0.5) is 21.7 Å². The molecule has 2 N–H and O–H groups in total. The summed E-state index contributed by atoms with van der Waals surface area (Å²) in [7, 11) is 0. The summed E-state index contributed by atoms with van der Waals surface area (Å²) >= 11 is 0. The van der Waals surface area contributed by atoms with Crippen LogP contribution < -0.4 is 20.3 Å². The third kappa shape index (κ3) is 4.41. The average Bonchev–Trinajstić information content (AvgIpc) is 3.24. The van der Waals surface area contributed by atoms with Gasteiger partial charge in [0.2, 0.25) is 5.88 Å². The number of fused-ring (bicyclic) bond motifs is 1. The number of hydrogen-bond acceptors (Lipinski definition) is 8. The Morgan fingerprint density at radius 2 is 1.94 bits per heavy atom. The summed E-state index contributed by atoms with van der Waals surface area (Å²) in [5, 5.41) is 16.7. The number of pyridine rings is 1. The van der Waals surface area contributed by atoms with E-state index in [4.69, 9.17) is 4.74 Å². The smallest absolute Gasteiger partial charge is 0.242 e. The zero-order valence-electron chi connectivity index (χ0n) is 20.4. The molecule has 0 unspecified atom stereocenters. The number of benzene rings is 1. The van der Waals surface area contributed by atoms with Crippen molar-refractivity contribution in [2.75, 3.05) is 36.4 Å². The van der Waals surface area contributed by atoms with Crippen molar-refractivity contribution in [2.45, 2.75) is 26.8 Å². The van der Waals surface area contributed by atoms with Crippen molar-refractivity contribution in [2.24, 2.45) is 0 Å². The van der Waals surface area contributed by atoms with E-state index in [0.29, 0.717) is 11.2 Å². The first-order valence-electron chi connectivity index (χ1n) is 11.9. The summed E-state index contributed by atoms with van der Waals surface area (Å²) < 4.78 is 23.2. The van der Waals surface area contributed by atoms with E-state index >= 15 is 4.39 Å².